The van der Waals surface area contributed by atoms with Crippen molar-refractivity contribution in [3.8, 4) is 0 Å². The Morgan fingerprint density at radius 2 is 1.81 bits per heavy atom. The molecule has 5 heteroatoms. The average molecular weight is 348 g/mol. The van der Waals surface area contributed by atoms with Gasteiger partial charge in [-0.1, -0.05) is 12.1 Å². The SMILES string of the molecule is Cc1ccc(C(=O)N2CCN(Cc3cc4ccccn4n3)CC2)cc1C. The van der Waals surface area contributed by atoms with Crippen molar-refractivity contribution in [2.75, 3.05) is 26.2 Å². The lowest BCUT2D eigenvalue weighted by Gasteiger charge is -2.34. The third-order valence-corrected chi connectivity index (χ3v) is 5.22. The van der Waals surface area contributed by atoms with Gasteiger partial charge in [0.15, 0.2) is 0 Å². The van der Waals surface area contributed by atoms with E-state index >= 15 is 0 Å². The molecule has 0 saturated carbocycles. The van der Waals surface area contributed by atoms with Crippen molar-refractivity contribution < 1.29 is 4.79 Å². The lowest BCUT2D eigenvalue weighted by Crippen LogP contribution is -2.48. The van der Waals surface area contributed by atoms with Gasteiger partial charge in [0.05, 0.1) is 11.2 Å². The molecule has 4 rings (SSSR count). The number of carbonyl (C=O) groups excluding carboxylic acids is 1. The predicted octanol–water partition coefficient (Wildman–Crippen LogP) is 2.91. The summed E-state index contributed by atoms with van der Waals surface area (Å²) in [4.78, 5) is 17.1. The molecular formula is C21H24N4O. The van der Waals surface area contributed by atoms with Crippen LogP contribution in [0.5, 0.6) is 0 Å². The van der Waals surface area contributed by atoms with Crippen LogP contribution in [0.25, 0.3) is 5.52 Å². The molecule has 1 aliphatic rings. The molecule has 1 amide bonds. The van der Waals surface area contributed by atoms with Gasteiger partial charge in [-0.05, 0) is 55.3 Å². The van der Waals surface area contributed by atoms with E-state index in [1.807, 2.05) is 45.9 Å². The summed E-state index contributed by atoms with van der Waals surface area (Å²) in [7, 11) is 0. The first-order valence-electron chi connectivity index (χ1n) is 9.12. The van der Waals surface area contributed by atoms with Gasteiger partial charge in [-0.3, -0.25) is 9.69 Å². The predicted molar refractivity (Wildman–Crippen MR) is 102 cm³/mol. The van der Waals surface area contributed by atoms with Crippen LogP contribution in [0.3, 0.4) is 0 Å². The number of rotatable bonds is 3. The average Bonchev–Trinajstić information content (AvgIpc) is 3.06. The maximum absolute atomic E-state index is 12.7. The van der Waals surface area contributed by atoms with E-state index < -0.39 is 0 Å². The van der Waals surface area contributed by atoms with E-state index in [-0.39, 0.29) is 5.91 Å². The lowest BCUT2D eigenvalue weighted by molar-refractivity contribution is 0.0627. The summed E-state index contributed by atoms with van der Waals surface area (Å²) in [6.45, 7) is 8.24. The number of benzene rings is 1. The zero-order valence-electron chi connectivity index (χ0n) is 15.4. The first kappa shape index (κ1) is 16.8. The van der Waals surface area contributed by atoms with Crippen molar-refractivity contribution in [3.63, 3.8) is 0 Å². The van der Waals surface area contributed by atoms with Crippen LogP contribution in [0, 0.1) is 13.8 Å². The fourth-order valence-corrected chi connectivity index (χ4v) is 3.46. The molecule has 5 nitrogen and oxygen atoms in total. The van der Waals surface area contributed by atoms with Gasteiger partial charge < -0.3 is 4.90 Å². The highest BCUT2D eigenvalue weighted by Gasteiger charge is 2.22. The first-order chi connectivity index (χ1) is 12.6. The Kier molecular flexibility index (Phi) is 4.47. The van der Waals surface area contributed by atoms with Crippen LogP contribution in [0.4, 0.5) is 0 Å². The first-order valence-corrected chi connectivity index (χ1v) is 9.12. The second kappa shape index (κ2) is 6.92. The van der Waals surface area contributed by atoms with Gasteiger partial charge in [-0.2, -0.15) is 5.10 Å². The van der Waals surface area contributed by atoms with Crippen LogP contribution in [-0.2, 0) is 6.54 Å². The highest BCUT2D eigenvalue weighted by Crippen LogP contribution is 2.15. The zero-order chi connectivity index (χ0) is 18.1. The van der Waals surface area contributed by atoms with E-state index in [4.69, 9.17) is 0 Å². The third kappa shape index (κ3) is 3.35. The quantitative estimate of drug-likeness (QED) is 0.731. The Balaban J connectivity index is 1.37. The topological polar surface area (TPSA) is 40.9 Å². The molecule has 3 aromatic rings. The van der Waals surface area contributed by atoms with Crippen LogP contribution in [0.2, 0.25) is 0 Å². The van der Waals surface area contributed by atoms with E-state index in [1.54, 1.807) is 0 Å². The van der Waals surface area contributed by atoms with Gasteiger partial charge in [-0.15, -0.1) is 0 Å². The smallest absolute Gasteiger partial charge is 0.253 e. The minimum absolute atomic E-state index is 0.139. The molecule has 0 radical (unpaired) electrons. The van der Waals surface area contributed by atoms with Crippen molar-refractivity contribution in [1.82, 2.24) is 19.4 Å². The lowest BCUT2D eigenvalue weighted by atomic mass is 10.1. The molecule has 1 fully saturated rings. The van der Waals surface area contributed by atoms with Crippen molar-refractivity contribution >= 4 is 11.4 Å². The van der Waals surface area contributed by atoms with Crippen molar-refractivity contribution in [3.05, 3.63) is 71.0 Å². The minimum atomic E-state index is 0.139. The summed E-state index contributed by atoms with van der Waals surface area (Å²) < 4.78 is 1.91. The van der Waals surface area contributed by atoms with Gasteiger partial charge in [-0.25, -0.2) is 4.52 Å². The number of piperazine rings is 1. The number of nitrogens with zero attached hydrogens (tertiary/aromatic N) is 4. The number of aromatic nitrogens is 2. The number of aryl methyl sites for hydroxylation is 2. The molecule has 0 unspecified atom stereocenters. The molecule has 2 aromatic heterocycles. The number of amides is 1. The van der Waals surface area contributed by atoms with E-state index in [2.05, 4.69) is 36.0 Å². The van der Waals surface area contributed by atoms with Crippen molar-refractivity contribution in [1.29, 1.82) is 0 Å². The Hall–Kier alpha value is -2.66. The molecule has 0 bridgehead atoms. The zero-order valence-corrected chi connectivity index (χ0v) is 15.4. The Morgan fingerprint density at radius 1 is 1.00 bits per heavy atom. The summed E-state index contributed by atoms with van der Waals surface area (Å²) in [6, 6.07) is 14.2. The Morgan fingerprint density at radius 3 is 2.54 bits per heavy atom. The molecule has 1 saturated heterocycles. The number of carbonyl (C=O) groups is 1. The monoisotopic (exact) mass is 348 g/mol. The van der Waals surface area contributed by atoms with Crippen molar-refractivity contribution in [2.45, 2.75) is 20.4 Å². The fraction of sp³-hybridized carbons (Fsp3) is 0.333. The second-order valence-corrected chi connectivity index (χ2v) is 7.07. The summed E-state index contributed by atoms with van der Waals surface area (Å²) in [5, 5.41) is 4.62. The van der Waals surface area contributed by atoms with Crippen LogP contribution in [-0.4, -0.2) is 51.5 Å². The van der Waals surface area contributed by atoms with Gasteiger partial charge in [0.1, 0.15) is 0 Å². The third-order valence-electron chi connectivity index (χ3n) is 5.22. The number of hydrogen-bond acceptors (Lipinski definition) is 3. The fourth-order valence-electron chi connectivity index (χ4n) is 3.46. The molecule has 1 aromatic carbocycles. The van der Waals surface area contributed by atoms with Gasteiger partial charge in [0.25, 0.3) is 5.91 Å². The van der Waals surface area contributed by atoms with E-state index in [9.17, 15) is 4.79 Å². The second-order valence-electron chi connectivity index (χ2n) is 7.07. The van der Waals surface area contributed by atoms with E-state index in [0.29, 0.717) is 0 Å². The molecule has 0 aliphatic carbocycles. The minimum Gasteiger partial charge on any atom is -0.336 e. The maximum atomic E-state index is 12.7. The molecule has 0 spiro atoms. The van der Waals surface area contributed by atoms with Crippen LogP contribution < -0.4 is 0 Å². The highest BCUT2D eigenvalue weighted by atomic mass is 16.2. The van der Waals surface area contributed by atoms with Gasteiger partial charge in [0.2, 0.25) is 0 Å². The molecular weight excluding hydrogens is 324 g/mol. The Labute approximate surface area is 153 Å². The summed E-state index contributed by atoms with van der Waals surface area (Å²) in [6.07, 6.45) is 1.97. The summed E-state index contributed by atoms with van der Waals surface area (Å²) >= 11 is 0. The van der Waals surface area contributed by atoms with Gasteiger partial charge >= 0.3 is 0 Å². The normalized spacial score (nSPS) is 15.5. The number of pyridine rings is 1. The maximum Gasteiger partial charge on any atom is 0.253 e. The van der Waals surface area contributed by atoms with Crippen molar-refractivity contribution in [2.24, 2.45) is 0 Å². The largest absolute Gasteiger partial charge is 0.336 e. The molecule has 3 heterocycles. The van der Waals surface area contributed by atoms with E-state index in [1.165, 1.54) is 11.1 Å². The van der Waals surface area contributed by atoms with Crippen LogP contribution >= 0.6 is 0 Å². The molecule has 0 atom stereocenters. The number of hydrogen-bond donors (Lipinski definition) is 0. The van der Waals surface area contributed by atoms with Crippen LogP contribution in [0.15, 0.2) is 48.7 Å². The summed E-state index contributed by atoms with van der Waals surface area (Å²) in [5.41, 5.74) is 5.37. The molecule has 26 heavy (non-hydrogen) atoms. The standard InChI is InChI=1S/C21H24N4O/c1-16-6-7-18(13-17(16)2)21(26)24-11-9-23(10-12-24)15-19-14-20-5-3-4-8-25(20)22-19/h3-8,13-14H,9-12,15H2,1-2H3. The molecule has 134 valence electrons. The molecule has 1 aliphatic heterocycles. The number of fused-ring (bicyclic) bond motifs is 1. The van der Waals surface area contributed by atoms with Crippen LogP contribution in [0.1, 0.15) is 27.2 Å². The van der Waals surface area contributed by atoms with E-state index in [0.717, 1.165) is 49.5 Å². The highest BCUT2D eigenvalue weighted by molar-refractivity contribution is 5.94. The summed E-state index contributed by atoms with van der Waals surface area (Å²) in [5.74, 6) is 0.139. The molecule has 0 N–H and O–H groups in total. The Bertz CT molecular complexity index is 905. The van der Waals surface area contributed by atoms with Gasteiger partial charge in [0, 0.05) is 44.5 Å².